The molecule has 13 heteroatoms. The first-order valence-electron chi connectivity index (χ1n) is 10.3. The van der Waals surface area contributed by atoms with Gasteiger partial charge < -0.3 is 20.1 Å². The van der Waals surface area contributed by atoms with Crippen molar-refractivity contribution in [3.63, 3.8) is 0 Å². The molecule has 1 aliphatic rings. The number of aliphatic hydroxyl groups excluding tert-OH is 1. The molecule has 1 aliphatic heterocycles. The van der Waals surface area contributed by atoms with E-state index in [9.17, 15) is 22.7 Å². The number of aromatic nitrogens is 2. The fraction of sp³-hybridized carbons (Fsp3) is 0.333. The van der Waals surface area contributed by atoms with Crippen LogP contribution < -0.4 is 15.1 Å². The van der Waals surface area contributed by atoms with E-state index in [0.29, 0.717) is 23.6 Å². The SMILES string of the molecule is CCN1CN(c2cc(O[C@H](C)C(F)(F)F)c3c(Nc4c(F)cccc4Cl)n[nH]c3c2)N=C1CO. The number of nitrogens with zero attached hydrogens (tertiary/aromatic N) is 4. The van der Waals surface area contributed by atoms with Crippen molar-refractivity contribution < 1.29 is 27.4 Å². The van der Waals surface area contributed by atoms with E-state index in [2.05, 4.69) is 20.6 Å². The van der Waals surface area contributed by atoms with Crippen LogP contribution in [0.2, 0.25) is 5.02 Å². The summed E-state index contributed by atoms with van der Waals surface area (Å²) < 4.78 is 59.5. The standard InChI is InChI=1S/C21H21ClF4N6O2/c1-3-31-10-32(30-17(31)9-33)12-7-15-18(16(8-12)34-11(2)21(24,25)26)20(29-28-15)27-19-13(22)5-4-6-14(19)23/h4-8,11,33H,3,9-10H2,1-2H3,(H2,27,28,29)/t11-/m1/s1. The molecular weight excluding hydrogens is 480 g/mol. The number of H-pyrrole nitrogens is 1. The van der Waals surface area contributed by atoms with Gasteiger partial charge in [0.15, 0.2) is 17.8 Å². The summed E-state index contributed by atoms with van der Waals surface area (Å²) in [6.45, 7) is 3.35. The zero-order valence-electron chi connectivity index (χ0n) is 18.1. The van der Waals surface area contributed by atoms with E-state index in [0.717, 1.165) is 6.92 Å². The molecule has 0 aliphatic carbocycles. The van der Waals surface area contributed by atoms with Crippen LogP contribution in [-0.2, 0) is 0 Å². The van der Waals surface area contributed by atoms with Gasteiger partial charge in [-0.15, -0.1) is 0 Å². The third-order valence-electron chi connectivity index (χ3n) is 5.31. The number of rotatable bonds is 7. The van der Waals surface area contributed by atoms with Crippen LogP contribution in [0.3, 0.4) is 0 Å². The topological polar surface area (TPSA) is 89.0 Å². The molecule has 3 aromatic rings. The summed E-state index contributed by atoms with van der Waals surface area (Å²) in [5.74, 6) is -0.338. The molecule has 182 valence electrons. The predicted octanol–water partition coefficient (Wildman–Crippen LogP) is 4.83. The summed E-state index contributed by atoms with van der Waals surface area (Å²) in [7, 11) is 0. The molecule has 4 rings (SSSR count). The van der Waals surface area contributed by atoms with Gasteiger partial charge in [0.1, 0.15) is 24.8 Å². The summed E-state index contributed by atoms with van der Waals surface area (Å²) in [6, 6.07) is 7.10. The first kappa shape index (κ1) is 23.9. The lowest BCUT2D eigenvalue weighted by atomic mass is 10.2. The molecule has 0 saturated heterocycles. The van der Waals surface area contributed by atoms with Gasteiger partial charge in [0, 0.05) is 12.6 Å². The third-order valence-corrected chi connectivity index (χ3v) is 5.62. The number of likely N-dealkylation sites (N-methyl/N-ethyl adjacent to an activating group) is 1. The maximum Gasteiger partial charge on any atom is 0.425 e. The fourth-order valence-electron chi connectivity index (χ4n) is 3.46. The molecule has 1 atom stereocenters. The van der Waals surface area contributed by atoms with Crippen molar-refractivity contribution in [1.29, 1.82) is 0 Å². The van der Waals surface area contributed by atoms with Crippen LogP contribution in [0, 0.1) is 5.82 Å². The quantitative estimate of drug-likeness (QED) is 0.403. The Morgan fingerprint density at radius 2 is 2.09 bits per heavy atom. The highest BCUT2D eigenvalue weighted by Crippen LogP contribution is 2.40. The van der Waals surface area contributed by atoms with E-state index in [1.54, 1.807) is 6.07 Å². The molecule has 0 amide bonds. The number of hydrogen-bond donors (Lipinski definition) is 3. The Morgan fingerprint density at radius 3 is 2.71 bits per heavy atom. The monoisotopic (exact) mass is 500 g/mol. The van der Waals surface area contributed by atoms with Crippen LogP contribution in [0.25, 0.3) is 10.9 Å². The molecule has 0 saturated carbocycles. The average Bonchev–Trinajstić information content (AvgIpc) is 3.39. The molecule has 8 nitrogen and oxygen atoms in total. The lowest BCUT2D eigenvalue weighted by molar-refractivity contribution is -0.188. The van der Waals surface area contributed by atoms with Crippen molar-refractivity contribution >= 4 is 45.5 Å². The molecule has 2 heterocycles. The van der Waals surface area contributed by atoms with E-state index >= 15 is 0 Å². The number of para-hydroxylation sites is 1. The number of amidine groups is 1. The highest BCUT2D eigenvalue weighted by Gasteiger charge is 2.39. The highest BCUT2D eigenvalue weighted by molar-refractivity contribution is 6.33. The number of ether oxygens (including phenoxy) is 1. The number of aliphatic hydroxyl groups is 1. The van der Waals surface area contributed by atoms with Crippen LogP contribution in [0.5, 0.6) is 5.75 Å². The van der Waals surface area contributed by atoms with Gasteiger partial charge in [0.05, 0.1) is 27.3 Å². The fourth-order valence-corrected chi connectivity index (χ4v) is 3.67. The highest BCUT2D eigenvalue weighted by atomic mass is 35.5. The van der Waals surface area contributed by atoms with Crippen molar-refractivity contribution in [3.8, 4) is 5.75 Å². The maximum absolute atomic E-state index is 14.3. The molecule has 1 aromatic heterocycles. The Balaban J connectivity index is 1.80. The normalized spacial score (nSPS) is 15.1. The maximum atomic E-state index is 14.3. The van der Waals surface area contributed by atoms with Crippen molar-refractivity contribution in [2.45, 2.75) is 26.1 Å². The predicted molar refractivity (Wildman–Crippen MR) is 121 cm³/mol. The average molecular weight is 501 g/mol. The van der Waals surface area contributed by atoms with E-state index in [1.807, 2.05) is 11.8 Å². The van der Waals surface area contributed by atoms with Gasteiger partial charge in [0.2, 0.25) is 0 Å². The molecule has 0 spiro atoms. The molecule has 0 radical (unpaired) electrons. The van der Waals surface area contributed by atoms with Crippen molar-refractivity contribution in [2.75, 3.05) is 30.1 Å². The largest absolute Gasteiger partial charge is 0.480 e. The summed E-state index contributed by atoms with van der Waals surface area (Å²) in [5.41, 5.74) is 0.664. The molecule has 3 N–H and O–H groups in total. The second-order valence-corrected chi connectivity index (χ2v) is 7.94. The van der Waals surface area contributed by atoms with Gasteiger partial charge in [-0.05, 0) is 32.0 Å². The zero-order valence-corrected chi connectivity index (χ0v) is 18.9. The molecule has 0 bridgehead atoms. The van der Waals surface area contributed by atoms with Crippen LogP contribution in [0.4, 0.5) is 34.8 Å². The second-order valence-electron chi connectivity index (χ2n) is 7.53. The molecule has 34 heavy (non-hydrogen) atoms. The van der Waals surface area contributed by atoms with Gasteiger partial charge in [-0.1, -0.05) is 17.7 Å². The smallest absolute Gasteiger partial charge is 0.425 e. The van der Waals surface area contributed by atoms with E-state index < -0.39 is 18.1 Å². The number of halogens is 5. The number of anilines is 3. The summed E-state index contributed by atoms with van der Waals surface area (Å²) >= 11 is 6.08. The molecular formula is C21H21ClF4N6O2. The summed E-state index contributed by atoms with van der Waals surface area (Å²) in [4.78, 5) is 1.81. The number of aromatic amines is 1. The molecule has 2 aromatic carbocycles. The minimum Gasteiger partial charge on any atom is -0.480 e. The lowest BCUT2D eigenvalue weighted by Crippen LogP contribution is -2.32. The summed E-state index contributed by atoms with van der Waals surface area (Å²) in [6.07, 6.45) is -6.75. The van der Waals surface area contributed by atoms with E-state index in [1.165, 1.54) is 29.3 Å². The van der Waals surface area contributed by atoms with Crippen molar-refractivity contribution in [2.24, 2.45) is 5.10 Å². The lowest BCUT2D eigenvalue weighted by Gasteiger charge is -2.22. The van der Waals surface area contributed by atoms with E-state index in [-0.39, 0.29) is 40.9 Å². The number of fused-ring (bicyclic) bond motifs is 1. The van der Waals surface area contributed by atoms with Crippen LogP contribution in [0.1, 0.15) is 13.8 Å². The van der Waals surface area contributed by atoms with Crippen LogP contribution >= 0.6 is 11.6 Å². The number of hydrogen-bond acceptors (Lipinski definition) is 7. The first-order valence-corrected chi connectivity index (χ1v) is 10.7. The third kappa shape index (κ3) is 4.55. The Morgan fingerprint density at radius 1 is 1.32 bits per heavy atom. The first-order chi connectivity index (χ1) is 16.1. The Kier molecular flexibility index (Phi) is 6.45. The Labute approximate surface area is 196 Å². The van der Waals surface area contributed by atoms with E-state index in [4.69, 9.17) is 16.3 Å². The molecule has 0 fully saturated rings. The van der Waals surface area contributed by atoms with Crippen LogP contribution in [-0.4, -0.2) is 58.1 Å². The number of alkyl halides is 3. The number of benzene rings is 2. The summed E-state index contributed by atoms with van der Waals surface area (Å²) in [5, 5.41) is 25.2. The minimum atomic E-state index is -4.62. The number of nitrogens with one attached hydrogen (secondary N) is 2. The number of hydrazone groups is 1. The molecule has 0 unspecified atom stereocenters. The minimum absolute atomic E-state index is 0.0362. The second kappa shape index (κ2) is 9.18. The van der Waals surface area contributed by atoms with Gasteiger partial charge in [-0.2, -0.15) is 23.4 Å². The van der Waals surface area contributed by atoms with Crippen molar-refractivity contribution in [1.82, 2.24) is 15.1 Å². The van der Waals surface area contributed by atoms with Gasteiger partial charge >= 0.3 is 6.18 Å². The van der Waals surface area contributed by atoms with Crippen LogP contribution in [0.15, 0.2) is 35.4 Å². The van der Waals surface area contributed by atoms with Gasteiger partial charge in [0.25, 0.3) is 0 Å². The zero-order chi connectivity index (χ0) is 24.6. The Bertz CT molecular complexity index is 1210. The Hall–Kier alpha value is -3.25. The van der Waals surface area contributed by atoms with Gasteiger partial charge in [-0.25, -0.2) is 9.40 Å². The van der Waals surface area contributed by atoms with Gasteiger partial charge in [-0.3, -0.25) is 5.10 Å². The van der Waals surface area contributed by atoms with Crippen molar-refractivity contribution in [3.05, 3.63) is 41.2 Å².